The molecule has 0 rings (SSSR count). The lowest BCUT2D eigenvalue weighted by Gasteiger charge is -2.08. The molecule has 0 bridgehead atoms. The minimum absolute atomic E-state index is 0.0745. The lowest BCUT2D eigenvalue weighted by molar-refractivity contribution is -0.140. The second-order valence-electron chi connectivity index (χ2n) is 2.95. The first-order valence-electron chi connectivity index (χ1n) is 4.24. The Morgan fingerprint density at radius 3 is 1.78 bits per heavy atom. The molecule has 0 radical (unpaired) electrons. The zero-order valence-corrected chi connectivity index (χ0v) is 11.4. The first-order valence-corrected chi connectivity index (χ1v) is 7.24. The van der Waals surface area contributed by atoms with Gasteiger partial charge in [-0.15, -0.1) is 0 Å². The fourth-order valence-electron chi connectivity index (χ4n) is 0.312. The van der Waals surface area contributed by atoms with Gasteiger partial charge in [-0.05, 0) is 13.8 Å². The van der Waals surface area contributed by atoms with Crippen LogP contribution in [-0.2, 0) is 29.8 Å². The summed E-state index contributed by atoms with van der Waals surface area (Å²) < 4.78 is 59.9. The highest BCUT2D eigenvalue weighted by Gasteiger charge is 2.21. The zero-order valence-electron chi connectivity index (χ0n) is 9.73. The average Bonchev–Trinajstić information content (AvgIpc) is 2.15. The standard InChI is InChI=1S/C6H10O5S.C2H4O3S/c1-4(2)6(7)11-5(3)12(8,9)10;1-2-6(3,4)5/h5H,1H2,2-3H3,(H,8,9,10);2H,1H2,(H,3,4,5). The lowest BCUT2D eigenvalue weighted by Crippen LogP contribution is -2.23. The monoisotopic (exact) mass is 302 g/mol. The van der Waals surface area contributed by atoms with Gasteiger partial charge in [-0.1, -0.05) is 13.2 Å². The predicted molar refractivity (Wildman–Crippen MR) is 63.7 cm³/mol. The molecule has 0 saturated carbocycles. The van der Waals surface area contributed by atoms with Gasteiger partial charge in [-0.3, -0.25) is 9.11 Å². The van der Waals surface area contributed by atoms with Crippen LogP contribution < -0.4 is 0 Å². The van der Waals surface area contributed by atoms with Crippen molar-refractivity contribution in [2.75, 3.05) is 0 Å². The highest BCUT2D eigenvalue weighted by atomic mass is 32.2. The second-order valence-corrected chi connectivity index (χ2v) is 6.01. The molecule has 0 heterocycles. The molecule has 0 spiro atoms. The molecule has 0 fully saturated rings. The Labute approximate surface area is 105 Å². The molecule has 106 valence electrons. The Morgan fingerprint density at radius 2 is 1.61 bits per heavy atom. The van der Waals surface area contributed by atoms with Gasteiger partial charge in [0.1, 0.15) is 0 Å². The van der Waals surface area contributed by atoms with Crippen LogP contribution in [0.15, 0.2) is 24.1 Å². The maximum Gasteiger partial charge on any atom is 0.334 e. The molecular weight excluding hydrogens is 288 g/mol. The van der Waals surface area contributed by atoms with Crippen molar-refractivity contribution >= 4 is 26.2 Å². The van der Waals surface area contributed by atoms with Gasteiger partial charge in [0.2, 0.25) is 5.44 Å². The van der Waals surface area contributed by atoms with Crippen molar-refractivity contribution < 1.29 is 35.5 Å². The van der Waals surface area contributed by atoms with Crippen molar-refractivity contribution in [1.29, 1.82) is 0 Å². The van der Waals surface area contributed by atoms with Gasteiger partial charge in [0, 0.05) is 5.57 Å². The number of carbonyl (C=O) groups is 1. The first kappa shape index (κ1) is 19.1. The number of hydrogen-bond acceptors (Lipinski definition) is 6. The van der Waals surface area contributed by atoms with E-state index in [-0.39, 0.29) is 5.57 Å². The zero-order chi connectivity index (χ0) is 15.1. The van der Waals surface area contributed by atoms with Crippen molar-refractivity contribution in [3.8, 4) is 0 Å². The Morgan fingerprint density at radius 1 is 1.28 bits per heavy atom. The predicted octanol–water partition coefficient (Wildman–Crippen LogP) is 0.357. The summed E-state index contributed by atoms with van der Waals surface area (Å²) in [5.41, 5.74) is -1.48. The van der Waals surface area contributed by atoms with E-state index in [1.54, 1.807) is 0 Å². The summed E-state index contributed by atoms with van der Waals surface area (Å²) in [4.78, 5) is 10.7. The van der Waals surface area contributed by atoms with E-state index in [0.29, 0.717) is 5.41 Å². The van der Waals surface area contributed by atoms with Crippen LogP contribution in [0.4, 0.5) is 0 Å². The van der Waals surface area contributed by atoms with Gasteiger partial charge in [0.25, 0.3) is 10.1 Å². The molecule has 1 atom stereocenters. The van der Waals surface area contributed by atoms with Gasteiger partial charge in [0.05, 0.1) is 5.41 Å². The van der Waals surface area contributed by atoms with E-state index in [1.807, 2.05) is 0 Å². The van der Waals surface area contributed by atoms with Gasteiger partial charge in [0.15, 0.2) is 0 Å². The number of carbonyl (C=O) groups excluding carboxylic acids is 1. The topological polar surface area (TPSA) is 135 Å². The Kier molecular flexibility index (Phi) is 7.71. The minimum Gasteiger partial charge on any atom is -0.440 e. The molecule has 2 N–H and O–H groups in total. The normalized spacial score (nSPS) is 12.7. The average molecular weight is 302 g/mol. The molecule has 0 aliphatic rings. The molecule has 0 saturated heterocycles. The number of esters is 1. The lowest BCUT2D eigenvalue weighted by atomic mass is 10.4. The van der Waals surface area contributed by atoms with Crippen molar-refractivity contribution in [3.05, 3.63) is 24.1 Å². The first-order chi connectivity index (χ1) is 7.81. The van der Waals surface area contributed by atoms with Crippen LogP contribution >= 0.6 is 0 Å². The van der Waals surface area contributed by atoms with Gasteiger partial charge < -0.3 is 4.74 Å². The third-order valence-electron chi connectivity index (χ3n) is 1.25. The van der Waals surface area contributed by atoms with Gasteiger partial charge in [-0.25, -0.2) is 4.79 Å². The molecule has 18 heavy (non-hydrogen) atoms. The molecule has 1 unspecified atom stereocenters. The van der Waals surface area contributed by atoms with Crippen LogP contribution in [0.1, 0.15) is 13.8 Å². The molecular formula is C8H14O8S2. The van der Waals surface area contributed by atoms with Crippen LogP contribution in [0.5, 0.6) is 0 Å². The Hall–Kier alpha value is -1.23. The van der Waals surface area contributed by atoms with Crippen molar-refractivity contribution in [2.45, 2.75) is 19.3 Å². The van der Waals surface area contributed by atoms with Crippen LogP contribution in [0.2, 0.25) is 0 Å². The summed E-state index contributed by atoms with van der Waals surface area (Å²) in [6.07, 6.45) is 0. The third-order valence-corrected chi connectivity index (χ3v) is 2.61. The van der Waals surface area contributed by atoms with E-state index >= 15 is 0 Å². The van der Waals surface area contributed by atoms with Gasteiger partial charge >= 0.3 is 16.1 Å². The highest BCUT2D eigenvalue weighted by Crippen LogP contribution is 2.03. The largest absolute Gasteiger partial charge is 0.440 e. The van der Waals surface area contributed by atoms with Crippen LogP contribution in [0.3, 0.4) is 0 Å². The summed E-state index contributed by atoms with van der Waals surface area (Å²) in [6.45, 7) is 8.46. The molecule has 10 heteroatoms. The highest BCUT2D eigenvalue weighted by molar-refractivity contribution is 7.88. The summed E-state index contributed by atoms with van der Waals surface area (Å²) >= 11 is 0. The van der Waals surface area contributed by atoms with E-state index in [9.17, 15) is 21.6 Å². The summed E-state index contributed by atoms with van der Waals surface area (Å²) in [7, 11) is -8.21. The van der Waals surface area contributed by atoms with Crippen molar-refractivity contribution in [3.63, 3.8) is 0 Å². The van der Waals surface area contributed by atoms with E-state index in [1.165, 1.54) is 6.92 Å². The molecule has 8 nitrogen and oxygen atoms in total. The van der Waals surface area contributed by atoms with Crippen LogP contribution in [0, 0.1) is 0 Å². The quantitative estimate of drug-likeness (QED) is 0.431. The SMILES string of the molecule is C=C(C)C(=O)OC(C)S(=O)(=O)O.C=CS(=O)(=O)O. The number of ether oxygens (including phenoxy) is 1. The summed E-state index contributed by atoms with van der Waals surface area (Å²) in [5.74, 6) is -0.847. The van der Waals surface area contributed by atoms with Crippen molar-refractivity contribution in [1.82, 2.24) is 0 Å². The molecule has 0 aromatic heterocycles. The summed E-state index contributed by atoms with van der Waals surface area (Å²) in [6, 6.07) is 0. The Balaban J connectivity index is 0. The van der Waals surface area contributed by atoms with E-state index in [2.05, 4.69) is 17.9 Å². The fraction of sp³-hybridized carbons (Fsp3) is 0.375. The van der Waals surface area contributed by atoms with Gasteiger partial charge in [-0.2, -0.15) is 16.8 Å². The second kappa shape index (κ2) is 7.26. The van der Waals surface area contributed by atoms with Crippen LogP contribution in [0.25, 0.3) is 0 Å². The van der Waals surface area contributed by atoms with E-state index < -0.39 is 31.6 Å². The van der Waals surface area contributed by atoms with E-state index in [4.69, 9.17) is 9.11 Å². The fourth-order valence-corrected chi connectivity index (χ4v) is 0.521. The maximum absolute atomic E-state index is 10.7. The molecule has 0 amide bonds. The number of hydrogen-bond donors (Lipinski definition) is 2. The minimum atomic E-state index is -4.32. The maximum atomic E-state index is 10.7. The molecule has 0 aliphatic heterocycles. The molecule has 0 aromatic rings. The van der Waals surface area contributed by atoms with Crippen molar-refractivity contribution in [2.24, 2.45) is 0 Å². The molecule has 0 aliphatic carbocycles. The third kappa shape index (κ3) is 11.3. The van der Waals surface area contributed by atoms with Crippen LogP contribution in [-0.4, -0.2) is 37.3 Å². The van der Waals surface area contributed by atoms with E-state index in [0.717, 1.165) is 6.92 Å². The number of rotatable bonds is 4. The molecule has 0 aromatic carbocycles. The Bertz CT molecular complexity index is 502. The smallest absolute Gasteiger partial charge is 0.334 e. The summed E-state index contributed by atoms with van der Waals surface area (Å²) in [5, 5.41) is 0.465.